The van der Waals surface area contributed by atoms with E-state index >= 15 is 0 Å². The summed E-state index contributed by atoms with van der Waals surface area (Å²) in [7, 11) is 1.78. The van der Waals surface area contributed by atoms with E-state index in [0.29, 0.717) is 11.8 Å². The van der Waals surface area contributed by atoms with Crippen molar-refractivity contribution in [3.63, 3.8) is 0 Å². The molecule has 0 bridgehead atoms. The number of carbonyl (C=O) groups is 1. The van der Waals surface area contributed by atoms with Crippen LogP contribution in [-0.2, 0) is 9.53 Å². The predicted octanol–water partition coefficient (Wildman–Crippen LogP) is 0.481. The molecule has 1 amide bonds. The van der Waals surface area contributed by atoms with E-state index < -0.39 is 0 Å². The summed E-state index contributed by atoms with van der Waals surface area (Å²) in [4.78, 5) is 14.4. The molecular weight excluding hydrogens is 216 g/mol. The number of nitrogens with one attached hydrogen (secondary N) is 1. The molecule has 4 heteroatoms. The number of likely N-dealkylation sites (tertiary alicyclic amines) is 1. The molecule has 2 saturated heterocycles. The number of amides is 1. The van der Waals surface area contributed by atoms with Gasteiger partial charge in [0.1, 0.15) is 0 Å². The Labute approximate surface area is 103 Å². The first kappa shape index (κ1) is 11.5. The third-order valence-electron chi connectivity index (χ3n) is 4.91. The van der Waals surface area contributed by atoms with Crippen LogP contribution < -0.4 is 5.32 Å². The number of ether oxygens (including phenoxy) is 1. The molecule has 1 N–H and O–H groups in total. The molecule has 2 unspecified atom stereocenters. The summed E-state index contributed by atoms with van der Waals surface area (Å²) in [6.07, 6.45) is 3.81. The Morgan fingerprint density at radius 3 is 3.00 bits per heavy atom. The minimum atomic E-state index is 0.244. The second-order valence-electron chi connectivity index (χ2n) is 5.96. The number of nitrogens with zero attached hydrogens (tertiary/aromatic N) is 1. The molecule has 0 aromatic rings. The van der Waals surface area contributed by atoms with Crippen molar-refractivity contribution in [2.75, 3.05) is 39.9 Å². The predicted molar refractivity (Wildman–Crippen MR) is 64.6 cm³/mol. The summed E-state index contributed by atoms with van der Waals surface area (Å²) in [5, 5.41) is 3.18. The first-order valence-electron chi connectivity index (χ1n) is 6.74. The van der Waals surface area contributed by atoms with Gasteiger partial charge >= 0.3 is 0 Å². The fourth-order valence-corrected chi connectivity index (χ4v) is 3.83. The highest BCUT2D eigenvalue weighted by molar-refractivity contribution is 5.80. The second-order valence-corrected chi connectivity index (χ2v) is 5.96. The SMILES string of the molecule is COCC12CCCC1CN(C(=O)C1CNC1)C2. The van der Waals surface area contributed by atoms with Crippen LogP contribution in [0, 0.1) is 17.3 Å². The Kier molecular flexibility index (Phi) is 2.87. The fourth-order valence-electron chi connectivity index (χ4n) is 3.83. The van der Waals surface area contributed by atoms with Crippen molar-refractivity contribution < 1.29 is 9.53 Å². The highest BCUT2D eigenvalue weighted by Gasteiger charge is 2.51. The number of rotatable bonds is 3. The first-order chi connectivity index (χ1) is 8.25. The molecule has 96 valence electrons. The molecule has 0 spiro atoms. The van der Waals surface area contributed by atoms with Crippen LogP contribution in [-0.4, -0.2) is 50.7 Å². The van der Waals surface area contributed by atoms with E-state index in [0.717, 1.165) is 32.8 Å². The lowest BCUT2D eigenvalue weighted by Gasteiger charge is -2.32. The van der Waals surface area contributed by atoms with Crippen molar-refractivity contribution in [1.82, 2.24) is 10.2 Å². The number of fused-ring (bicyclic) bond motifs is 1. The van der Waals surface area contributed by atoms with E-state index in [9.17, 15) is 4.79 Å². The van der Waals surface area contributed by atoms with Gasteiger partial charge in [-0.25, -0.2) is 0 Å². The summed E-state index contributed by atoms with van der Waals surface area (Å²) in [6.45, 7) is 4.47. The van der Waals surface area contributed by atoms with E-state index in [1.165, 1.54) is 19.3 Å². The van der Waals surface area contributed by atoms with Crippen LogP contribution in [0.2, 0.25) is 0 Å². The van der Waals surface area contributed by atoms with Crippen LogP contribution in [0.4, 0.5) is 0 Å². The molecule has 0 aromatic carbocycles. The molecule has 17 heavy (non-hydrogen) atoms. The van der Waals surface area contributed by atoms with Gasteiger partial charge in [0, 0.05) is 38.7 Å². The zero-order valence-corrected chi connectivity index (χ0v) is 10.6. The third kappa shape index (κ3) is 1.78. The van der Waals surface area contributed by atoms with Gasteiger partial charge in [0.2, 0.25) is 5.91 Å². The van der Waals surface area contributed by atoms with Gasteiger partial charge in [-0.1, -0.05) is 6.42 Å². The van der Waals surface area contributed by atoms with Crippen LogP contribution in [0.5, 0.6) is 0 Å². The maximum atomic E-state index is 12.3. The molecule has 3 rings (SSSR count). The topological polar surface area (TPSA) is 41.6 Å². The maximum absolute atomic E-state index is 12.3. The van der Waals surface area contributed by atoms with E-state index in [4.69, 9.17) is 4.74 Å². The van der Waals surface area contributed by atoms with Gasteiger partial charge in [-0.15, -0.1) is 0 Å². The number of hydrogen-bond acceptors (Lipinski definition) is 3. The summed E-state index contributed by atoms with van der Waals surface area (Å²) in [5.41, 5.74) is 0.279. The Morgan fingerprint density at radius 1 is 1.53 bits per heavy atom. The van der Waals surface area contributed by atoms with Gasteiger partial charge in [0.25, 0.3) is 0 Å². The largest absolute Gasteiger partial charge is 0.384 e. The fraction of sp³-hybridized carbons (Fsp3) is 0.923. The molecule has 2 heterocycles. The van der Waals surface area contributed by atoms with Gasteiger partial charge < -0.3 is 15.0 Å². The summed E-state index contributed by atoms with van der Waals surface area (Å²) < 4.78 is 5.41. The minimum Gasteiger partial charge on any atom is -0.384 e. The Balaban J connectivity index is 1.68. The van der Waals surface area contributed by atoms with Crippen molar-refractivity contribution in [3.8, 4) is 0 Å². The van der Waals surface area contributed by atoms with E-state index in [1.807, 2.05) is 0 Å². The number of methoxy groups -OCH3 is 1. The van der Waals surface area contributed by atoms with Gasteiger partial charge in [0.05, 0.1) is 12.5 Å². The van der Waals surface area contributed by atoms with E-state index in [2.05, 4.69) is 10.2 Å². The molecule has 2 atom stereocenters. The van der Waals surface area contributed by atoms with Gasteiger partial charge in [0.15, 0.2) is 0 Å². The molecule has 3 aliphatic rings. The van der Waals surface area contributed by atoms with E-state index in [-0.39, 0.29) is 11.3 Å². The summed E-state index contributed by atoms with van der Waals surface area (Å²) in [5.74, 6) is 1.29. The zero-order chi connectivity index (χ0) is 11.9. The van der Waals surface area contributed by atoms with Crippen molar-refractivity contribution >= 4 is 5.91 Å². The molecule has 3 fully saturated rings. The smallest absolute Gasteiger partial charge is 0.228 e. The molecule has 0 aromatic heterocycles. The van der Waals surface area contributed by atoms with Crippen LogP contribution in [0.15, 0.2) is 0 Å². The van der Waals surface area contributed by atoms with Gasteiger partial charge in [-0.2, -0.15) is 0 Å². The second kappa shape index (κ2) is 4.25. The molecule has 1 aliphatic carbocycles. The Morgan fingerprint density at radius 2 is 2.35 bits per heavy atom. The molecule has 2 aliphatic heterocycles. The van der Waals surface area contributed by atoms with Crippen molar-refractivity contribution in [1.29, 1.82) is 0 Å². The standard InChI is InChI=1S/C13H22N2O2/c1-17-9-13-4-2-3-11(13)7-15(8-13)12(16)10-5-14-6-10/h10-11,14H,2-9H2,1H3. The zero-order valence-electron chi connectivity index (χ0n) is 10.6. The van der Waals surface area contributed by atoms with Crippen LogP contribution in [0.1, 0.15) is 19.3 Å². The molecule has 0 radical (unpaired) electrons. The van der Waals surface area contributed by atoms with Crippen LogP contribution >= 0.6 is 0 Å². The van der Waals surface area contributed by atoms with Crippen LogP contribution in [0.25, 0.3) is 0 Å². The lowest BCUT2D eigenvalue weighted by atomic mass is 9.82. The normalized spacial score (nSPS) is 37.0. The van der Waals surface area contributed by atoms with Crippen molar-refractivity contribution in [2.45, 2.75) is 19.3 Å². The average Bonchev–Trinajstić information content (AvgIpc) is 2.71. The Hall–Kier alpha value is -0.610. The van der Waals surface area contributed by atoms with Crippen molar-refractivity contribution in [3.05, 3.63) is 0 Å². The average molecular weight is 238 g/mol. The van der Waals surface area contributed by atoms with Crippen molar-refractivity contribution in [2.24, 2.45) is 17.3 Å². The highest BCUT2D eigenvalue weighted by atomic mass is 16.5. The first-order valence-corrected chi connectivity index (χ1v) is 6.74. The molecule has 1 saturated carbocycles. The number of carbonyl (C=O) groups excluding carboxylic acids is 1. The number of hydrogen-bond donors (Lipinski definition) is 1. The Bertz CT molecular complexity index is 317. The monoisotopic (exact) mass is 238 g/mol. The lowest BCUT2D eigenvalue weighted by Crippen LogP contribution is -2.52. The molecule has 4 nitrogen and oxygen atoms in total. The summed E-state index contributed by atoms with van der Waals surface area (Å²) in [6, 6.07) is 0. The molecular formula is C13H22N2O2. The highest BCUT2D eigenvalue weighted by Crippen LogP contribution is 2.49. The maximum Gasteiger partial charge on any atom is 0.228 e. The quantitative estimate of drug-likeness (QED) is 0.777. The van der Waals surface area contributed by atoms with E-state index in [1.54, 1.807) is 7.11 Å². The third-order valence-corrected chi connectivity index (χ3v) is 4.91. The minimum absolute atomic E-state index is 0.244. The van der Waals surface area contributed by atoms with Gasteiger partial charge in [-0.3, -0.25) is 4.79 Å². The summed E-state index contributed by atoms with van der Waals surface area (Å²) >= 11 is 0. The lowest BCUT2D eigenvalue weighted by molar-refractivity contribution is -0.136. The van der Waals surface area contributed by atoms with Crippen LogP contribution in [0.3, 0.4) is 0 Å². The van der Waals surface area contributed by atoms with Gasteiger partial charge in [-0.05, 0) is 18.8 Å².